The van der Waals surface area contributed by atoms with Gasteiger partial charge in [-0.2, -0.15) is 0 Å². The molecule has 1 aromatic rings. The number of carbonyl (C=O) groups is 1. The van der Waals surface area contributed by atoms with Crippen LogP contribution in [0.2, 0.25) is 0 Å². The highest BCUT2D eigenvalue weighted by Crippen LogP contribution is 1.90. The van der Waals surface area contributed by atoms with Crippen molar-refractivity contribution in [3.05, 3.63) is 30.1 Å². The van der Waals surface area contributed by atoms with Gasteiger partial charge in [-0.05, 0) is 6.07 Å². The predicted octanol–water partition coefficient (Wildman–Crippen LogP) is -2.74. The lowest BCUT2D eigenvalue weighted by Crippen LogP contribution is -3.00. The summed E-state index contributed by atoms with van der Waals surface area (Å²) in [4.78, 5) is 10.3. The number of halogens is 1. The highest BCUT2D eigenvalue weighted by atomic mass is 79.9. The van der Waals surface area contributed by atoms with E-state index >= 15 is 0 Å². The number of nitrogens with zero attached hydrogens (tertiary/aromatic N) is 2. The smallest absolute Gasteiger partial charge is 0.309 e. The molecule has 0 atom stereocenters. The predicted molar refractivity (Wildman–Crippen MR) is 48.3 cm³/mol. The number of carboxylic acid groups (broad SMARTS) is 1. The monoisotopic (exact) mass is 274 g/mol. The van der Waals surface area contributed by atoms with Gasteiger partial charge in [-0.3, -0.25) is 4.79 Å². The van der Waals surface area contributed by atoms with Crippen molar-refractivity contribution in [3.63, 3.8) is 0 Å². The first-order valence-electron chi connectivity index (χ1n) is 4.10. The SMILES string of the molecule is O=C(O)CC[n+]1cccc(/C=N/O)c1.[Br-]. The van der Waals surface area contributed by atoms with Crippen LogP contribution in [0.4, 0.5) is 0 Å². The van der Waals surface area contributed by atoms with Crippen molar-refractivity contribution in [2.24, 2.45) is 5.16 Å². The number of hydrogen-bond acceptors (Lipinski definition) is 3. The Bertz CT molecular complexity index is 355. The average molecular weight is 275 g/mol. The minimum atomic E-state index is -0.835. The molecule has 6 heteroatoms. The van der Waals surface area contributed by atoms with Crippen LogP contribution in [-0.2, 0) is 11.3 Å². The van der Waals surface area contributed by atoms with E-state index < -0.39 is 5.97 Å². The van der Waals surface area contributed by atoms with Crippen molar-refractivity contribution in [2.45, 2.75) is 13.0 Å². The Morgan fingerprint density at radius 3 is 2.93 bits per heavy atom. The van der Waals surface area contributed by atoms with E-state index in [1.165, 1.54) is 6.21 Å². The fraction of sp³-hybridized carbons (Fsp3) is 0.222. The second-order valence-electron chi connectivity index (χ2n) is 2.76. The van der Waals surface area contributed by atoms with Gasteiger partial charge in [0.15, 0.2) is 18.9 Å². The van der Waals surface area contributed by atoms with Crippen LogP contribution in [0.1, 0.15) is 12.0 Å². The van der Waals surface area contributed by atoms with Crippen LogP contribution >= 0.6 is 0 Å². The molecular formula is C9H11BrN2O3. The first-order chi connectivity index (χ1) is 6.72. The zero-order chi connectivity index (χ0) is 10.4. The summed E-state index contributed by atoms with van der Waals surface area (Å²) >= 11 is 0. The zero-order valence-corrected chi connectivity index (χ0v) is 9.46. The quantitative estimate of drug-likeness (QED) is 0.271. The van der Waals surface area contributed by atoms with E-state index in [2.05, 4.69) is 5.16 Å². The summed E-state index contributed by atoms with van der Waals surface area (Å²) in [6.45, 7) is 0.405. The molecule has 2 N–H and O–H groups in total. The number of oxime groups is 1. The third-order valence-corrected chi connectivity index (χ3v) is 1.67. The minimum Gasteiger partial charge on any atom is -1.00 e. The molecule has 0 fully saturated rings. The lowest BCUT2D eigenvalue weighted by atomic mass is 10.3. The van der Waals surface area contributed by atoms with Crippen LogP contribution in [0.5, 0.6) is 0 Å². The van der Waals surface area contributed by atoms with Gasteiger partial charge in [0.25, 0.3) is 0 Å². The number of rotatable bonds is 4. The van der Waals surface area contributed by atoms with Gasteiger partial charge in [0.1, 0.15) is 6.42 Å². The molecule has 0 spiro atoms. The van der Waals surface area contributed by atoms with Gasteiger partial charge in [-0.1, -0.05) is 5.16 Å². The molecule has 5 nitrogen and oxygen atoms in total. The van der Waals surface area contributed by atoms with E-state index in [-0.39, 0.29) is 23.4 Å². The summed E-state index contributed by atoms with van der Waals surface area (Å²) in [6.07, 6.45) is 4.84. The molecule has 1 aromatic heterocycles. The zero-order valence-electron chi connectivity index (χ0n) is 7.88. The minimum absolute atomic E-state index is 0. The Morgan fingerprint density at radius 1 is 1.60 bits per heavy atom. The van der Waals surface area contributed by atoms with Crippen LogP contribution in [0.3, 0.4) is 0 Å². The van der Waals surface area contributed by atoms with Crippen LogP contribution in [-0.4, -0.2) is 22.5 Å². The molecule has 0 saturated carbocycles. The Morgan fingerprint density at radius 2 is 2.33 bits per heavy atom. The second-order valence-corrected chi connectivity index (χ2v) is 2.76. The Hall–Kier alpha value is -1.43. The van der Waals surface area contributed by atoms with E-state index in [9.17, 15) is 4.79 Å². The lowest BCUT2D eigenvalue weighted by Gasteiger charge is -1.94. The van der Waals surface area contributed by atoms with Crippen molar-refractivity contribution < 1.29 is 36.7 Å². The summed E-state index contributed by atoms with van der Waals surface area (Å²) in [5, 5.41) is 19.7. The summed E-state index contributed by atoms with van der Waals surface area (Å²) in [6, 6.07) is 3.52. The average Bonchev–Trinajstić information content (AvgIpc) is 2.16. The number of pyridine rings is 1. The van der Waals surface area contributed by atoms with Gasteiger partial charge in [-0.15, -0.1) is 0 Å². The molecule has 0 aliphatic carbocycles. The van der Waals surface area contributed by atoms with Crippen molar-refractivity contribution >= 4 is 12.2 Å². The largest absolute Gasteiger partial charge is 1.00 e. The van der Waals surface area contributed by atoms with Gasteiger partial charge >= 0.3 is 5.97 Å². The van der Waals surface area contributed by atoms with Crippen LogP contribution in [0.25, 0.3) is 0 Å². The van der Waals surface area contributed by atoms with Crippen LogP contribution in [0.15, 0.2) is 29.7 Å². The summed E-state index contributed by atoms with van der Waals surface area (Å²) in [7, 11) is 0. The maximum atomic E-state index is 10.3. The van der Waals surface area contributed by atoms with E-state index in [0.717, 1.165) is 5.56 Å². The van der Waals surface area contributed by atoms with E-state index in [0.29, 0.717) is 6.54 Å². The number of aliphatic carboxylic acids is 1. The van der Waals surface area contributed by atoms with Gasteiger partial charge in [0, 0.05) is 6.07 Å². The third kappa shape index (κ3) is 5.11. The number of aromatic nitrogens is 1. The molecule has 0 aliphatic heterocycles. The topological polar surface area (TPSA) is 73.8 Å². The van der Waals surface area contributed by atoms with Crippen LogP contribution < -0.4 is 21.5 Å². The third-order valence-electron chi connectivity index (χ3n) is 1.67. The highest BCUT2D eigenvalue weighted by molar-refractivity contribution is 5.77. The standard InChI is InChI=1S/C9H10N2O3.BrH/c12-9(13)3-5-11-4-1-2-8(7-11)6-10-14;/h1-2,4,6-7H,3,5H2,(H-,12,13,14);1H/b10-6+;. The fourth-order valence-corrected chi connectivity index (χ4v) is 1.05. The maximum Gasteiger partial charge on any atom is 0.309 e. The Labute approximate surface area is 97.4 Å². The van der Waals surface area contributed by atoms with Gasteiger partial charge < -0.3 is 27.3 Å². The first-order valence-corrected chi connectivity index (χ1v) is 4.10. The molecule has 0 bridgehead atoms. The molecule has 1 rings (SSSR count). The summed E-state index contributed by atoms with van der Waals surface area (Å²) in [5.74, 6) is -0.835. The van der Waals surface area contributed by atoms with Gasteiger partial charge in [0.05, 0.1) is 11.8 Å². The maximum absolute atomic E-state index is 10.3. The van der Waals surface area contributed by atoms with Crippen molar-refractivity contribution in [2.75, 3.05) is 0 Å². The van der Waals surface area contributed by atoms with Crippen LogP contribution in [0, 0.1) is 0 Å². The molecule has 0 radical (unpaired) electrons. The molecule has 0 amide bonds. The molecule has 0 aromatic carbocycles. The molecule has 0 unspecified atom stereocenters. The highest BCUT2D eigenvalue weighted by Gasteiger charge is 2.04. The number of hydrogen-bond donors (Lipinski definition) is 2. The summed E-state index contributed by atoms with van der Waals surface area (Å²) < 4.78 is 1.73. The first kappa shape index (κ1) is 13.6. The second kappa shape index (κ2) is 6.94. The van der Waals surface area contributed by atoms with E-state index in [1.807, 2.05) is 0 Å². The van der Waals surface area contributed by atoms with Crippen molar-refractivity contribution in [1.29, 1.82) is 0 Å². The normalized spacial score (nSPS) is 9.87. The molecule has 15 heavy (non-hydrogen) atoms. The van der Waals surface area contributed by atoms with E-state index in [1.54, 1.807) is 29.1 Å². The molecule has 1 heterocycles. The molecule has 0 saturated heterocycles. The van der Waals surface area contributed by atoms with Gasteiger partial charge in [0.2, 0.25) is 0 Å². The fourth-order valence-electron chi connectivity index (χ4n) is 1.05. The summed E-state index contributed by atoms with van der Waals surface area (Å²) in [5.41, 5.74) is 0.723. The lowest BCUT2D eigenvalue weighted by molar-refractivity contribution is -0.696. The van der Waals surface area contributed by atoms with E-state index in [4.69, 9.17) is 10.3 Å². The Balaban J connectivity index is 0.00000196. The van der Waals surface area contributed by atoms with Gasteiger partial charge in [-0.25, -0.2) is 4.57 Å². The van der Waals surface area contributed by atoms with Crippen molar-refractivity contribution in [1.82, 2.24) is 0 Å². The number of carboxylic acids is 1. The number of aryl methyl sites for hydroxylation is 1. The Kier molecular flexibility index (Phi) is 6.28. The molecule has 0 aliphatic rings. The molecular weight excluding hydrogens is 264 g/mol. The van der Waals surface area contributed by atoms with Crippen molar-refractivity contribution in [3.8, 4) is 0 Å². The molecule has 82 valence electrons.